The van der Waals surface area contributed by atoms with Crippen LogP contribution in [-0.4, -0.2) is 98.4 Å². The number of anilines is 2. The SMILES string of the molecule is CCN(C(=O)OCc1ccccc1)[C@H]1CC[C@@H]1Nc1ncc(C(F)(F)F)c(-c2c[nH]c3nc(-c4c(C)noc4C)ccc23)n1.CCN[C@H]1CC[C@@H]1Nc1ncc(C(F)(F)F)c(-c2c[nH]c3nc(-c4c(C)noc4C)ccc23)n1. The number of H-pyrrole nitrogens is 2. The fourth-order valence-corrected chi connectivity index (χ4v) is 9.94. The molecule has 2 aliphatic carbocycles. The van der Waals surface area contributed by atoms with Crippen LogP contribution in [0.1, 0.15) is 79.1 Å². The van der Waals surface area contributed by atoms with Crippen LogP contribution in [0.15, 0.2) is 88.4 Å². The molecule has 2 saturated carbocycles. The molecule has 11 rings (SSSR count). The predicted octanol–water partition coefficient (Wildman–Crippen LogP) is 11.8. The Morgan fingerprint density at radius 2 is 1.17 bits per heavy atom. The number of aromatic amines is 2. The standard InChI is InChI=1S/C31H30F3N7O3.C23H24F3N7O/c1-4-41(30(42)43-16-19-8-6-5-7-9-19)25-13-12-23(25)38-29-36-15-22(31(32,33)34)27(39-29)21-14-35-28-20(21)10-11-24(37-28)26-17(2)40-44-18(26)3;1-4-27-16-7-8-17(16)31-22-29-10-15(23(24,25)26)20(32-22)14-9-28-21-13(14)5-6-18(30-21)19-11(2)33-34-12(19)3/h5-11,14-15,23,25H,4,12-13,16H2,1-3H3,(H,35,37)(H,36,38,39);5-6,9-10,16-17,27H,4,7-8H2,1-3H3,(H,28,30)(H,29,31,32)/t23-,25-;16-,17-/m00/s1. The molecule has 406 valence electrons. The van der Waals surface area contributed by atoms with Crippen molar-refractivity contribution < 1.29 is 44.9 Å². The molecule has 5 N–H and O–H groups in total. The monoisotopic (exact) mass is 1080 g/mol. The Morgan fingerprint density at radius 1 is 0.667 bits per heavy atom. The molecule has 0 spiro atoms. The predicted molar refractivity (Wildman–Crippen MR) is 278 cm³/mol. The average molecular weight is 1080 g/mol. The zero-order valence-electron chi connectivity index (χ0n) is 43.2. The highest BCUT2D eigenvalue weighted by molar-refractivity contribution is 5.96. The van der Waals surface area contributed by atoms with E-state index in [0.717, 1.165) is 48.5 Å². The maximum Gasteiger partial charge on any atom is 0.419 e. The summed E-state index contributed by atoms with van der Waals surface area (Å²) in [6.45, 7) is 12.4. The first kappa shape index (κ1) is 53.0. The Hall–Kier alpha value is -8.41. The van der Waals surface area contributed by atoms with Crippen molar-refractivity contribution in [3.05, 3.63) is 119 Å². The van der Waals surface area contributed by atoms with Gasteiger partial charge in [0.2, 0.25) is 11.9 Å². The van der Waals surface area contributed by atoms with Crippen molar-refractivity contribution in [3.63, 3.8) is 0 Å². The van der Waals surface area contributed by atoms with Gasteiger partial charge in [0.15, 0.2) is 0 Å². The molecule has 0 unspecified atom stereocenters. The summed E-state index contributed by atoms with van der Waals surface area (Å²) in [5, 5.41) is 18.6. The largest absolute Gasteiger partial charge is 0.445 e. The van der Waals surface area contributed by atoms with Crippen LogP contribution >= 0.6 is 0 Å². The van der Waals surface area contributed by atoms with E-state index >= 15 is 0 Å². The van der Waals surface area contributed by atoms with Crippen LogP contribution in [0.4, 0.5) is 43.0 Å². The lowest BCUT2D eigenvalue weighted by Crippen LogP contribution is -2.56. The Morgan fingerprint density at radius 3 is 1.59 bits per heavy atom. The summed E-state index contributed by atoms with van der Waals surface area (Å²) in [7, 11) is 0. The number of alkyl halides is 6. The first-order valence-corrected chi connectivity index (χ1v) is 25.4. The molecule has 24 heteroatoms. The third kappa shape index (κ3) is 10.7. The summed E-state index contributed by atoms with van der Waals surface area (Å²) in [6.07, 6.45) is -1.86. The summed E-state index contributed by atoms with van der Waals surface area (Å²) in [6, 6.07) is 16.1. The molecule has 9 aromatic rings. The van der Waals surface area contributed by atoms with E-state index in [2.05, 4.69) is 66.1 Å². The first-order chi connectivity index (χ1) is 37.4. The smallest absolute Gasteiger partial charge is 0.419 e. The number of fused-ring (bicyclic) bond motifs is 2. The number of amides is 1. The van der Waals surface area contributed by atoms with Crippen LogP contribution in [0, 0.1) is 27.7 Å². The summed E-state index contributed by atoms with van der Waals surface area (Å²) in [4.78, 5) is 46.3. The van der Waals surface area contributed by atoms with Gasteiger partial charge in [0.1, 0.15) is 40.5 Å². The molecular weight excluding hydrogens is 1020 g/mol. The molecule has 4 atom stereocenters. The van der Waals surface area contributed by atoms with Gasteiger partial charge in [-0.3, -0.25) is 0 Å². The lowest BCUT2D eigenvalue weighted by atomic mass is 9.85. The van der Waals surface area contributed by atoms with Crippen LogP contribution in [0.2, 0.25) is 0 Å². The topological polar surface area (TPSA) is 227 Å². The zero-order chi connectivity index (χ0) is 55.0. The number of pyridine rings is 2. The Balaban J connectivity index is 0.000000182. The molecule has 1 amide bonds. The van der Waals surface area contributed by atoms with Crippen molar-refractivity contribution in [3.8, 4) is 45.0 Å². The Bertz CT molecular complexity index is 3570. The minimum Gasteiger partial charge on any atom is -0.445 e. The molecule has 78 heavy (non-hydrogen) atoms. The normalized spacial score (nSPS) is 17.3. The fourth-order valence-electron chi connectivity index (χ4n) is 9.94. The number of carbonyl (C=O) groups excluding carboxylic acids is 1. The van der Waals surface area contributed by atoms with Crippen molar-refractivity contribution in [1.29, 1.82) is 0 Å². The molecule has 8 heterocycles. The van der Waals surface area contributed by atoms with Gasteiger partial charge in [-0.2, -0.15) is 26.3 Å². The summed E-state index contributed by atoms with van der Waals surface area (Å²) >= 11 is 0. The number of benzene rings is 1. The number of ether oxygens (including phenoxy) is 1. The number of aryl methyl sites for hydroxylation is 4. The number of hydrogen-bond donors (Lipinski definition) is 5. The minimum atomic E-state index is -4.69. The van der Waals surface area contributed by atoms with Crippen molar-refractivity contribution >= 4 is 40.1 Å². The second kappa shape index (κ2) is 21.5. The van der Waals surface area contributed by atoms with Crippen LogP contribution in [0.25, 0.3) is 67.1 Å². The fraction of sp³-hybridized carbons (Fsp3) is 0.352. The zero-order valence-corrected chi connectivity index (χ0v) is 43.2. The first-order valence-electron chi connectivity index (χ1n) is 25.4. The molecule has 8 aromatic heterocycles. The summed E-state index contributed by atoms with van der Waals surface area (Å²) in [5.41, 5.74) is 3.97. The number of halogens is 6. The van der Waals surface area contributed by atoms with E-state index < -0.39 is 29.6 Å². The highest BCUT2D eigenvalue weighted by Crippen LogP contribution is 2.42. The number of aromatic nitrogens is 10. The van der Waals surface area contributed by atoms with Gasteiger partial charge in [0, 0.05) is 71.4 Å². The van der Waals surface area contributed by atoms with Crippen LogP contribution in [0.5, 0.6) is 0 Å². The molecule has 0 aliphatic heterocycles. The molecule has 1 aromatic carbocycles. The van der Waals surface area contributed by atoms with E-state index in [1.807, 2.05) is 51.1 Å². The van der Waals surface area contributed by atoms with Gasteiger partial charge in [-0.1, -0.05) is 47.6 Å². The van der Waals surface area contributed by atoms with Crippen molar-refractivity contribution in [2.75, 3.05) is 23.7 Å². The van der Waals surface area contributed by atoms with Crippen molar-refractivity contribution in [1.82, 2.24) is 60.4 Å². The van der Waals surface area contributed by atoms with E-state index in [-0.39, 0.29) is 59.6 Å². The quantitative estimate of drug-likeness (QED) is 0.0638. The van der Waals surface area contributed by atoms with Crippen LogP contribution in [0.3, 0.4) is 0 Å². The van der Waals surface area contributed by atoms with Gasteiger partial charge in [-0.25, -0.2) is 34.7 Å². The van der Waals surface area contributed by atoms with Gasteiger partial charge >= 0.3 is 18.4 Å². The lowest BCUT2D eigenvalue weighted by Gasteiger charge is -2.43. The van der Waals surface area contributed by atoms with E-state index in [1.54, 1.807) is 49.9 Å². The molecule has 18 nitrogen and oxygen atoms in total. The van der Waals surface area contributed by atoms with Crippen molar-refractivity contribution in [2.45, 2.75) is 110 Å². The van der Waals surface area contributed by atoms with E-state index in [1.165, 1.54) is 12.4 Å². The number of rotatable bonds is 14. The van der Waals surface area contributed by atoms with Gasteiger partial charge < -0.3 is 44.6 Å². The maximum atomic E-state index is 14.1. The number of nitrogens with one attached hydrogen (secondary N) is 5. The second-order valence-corrected chi connectivity index (χ2v) is 19.1. The van der Waals surface area contributed by atoms with Crippen LogP contribution in [-0.2, 0) is 23.7 Å². The van der Waals surface area contributed by atoms with Crippen LogP contribution < -0.4 is 16.0 Å². The highest BCUT2D eigenvalue weighted by Gasteiger charge is 2.41. The maximum absolute atomic E-state index is 14.1. The molecular formula is C54H54F6N14O4. The lowest BCUT2D eigenvalue weighted by molar-refractivity contribution is -0.138. The number of nitrogens with zero attached hydrogens (tertiary/aromatic N) is 9. The van der Waals surface area contributed by atoms with Gasteiger partial charge in [0.25, 0.3) is 0 Å². The third-order valence-electron chi connectivity index (χ3n) is 14.1. The number of likely N-dealkylation sites (N-methyl/N-ethyl adjacent to an activating group) is 2. The molecule has 0 bridgehead atoms. The molecule has 2 aliphatic rings. The van der Waals surface area contributed by atoms with Gasteiger partial charge in [0.05, 0.1) is 51.3 Å². The second-order valence-electron chi connectivity index (χ2n) is 19.1. The number of carbonyl (C=O) groups is 1. The average Bonchev–Trinajstić information content (AvgIpc) is 4.21. The number of hydrogen-bond acceptors (Lipinski definition) is 15. The molecule has 2 fully saturated rings. The van der Waals surface area contributed by atoms with E-state index in [0.29, 0.717) is 81.3 Å². The third-order valence-corrected chi connectivity index (χ3v) is 14.1. The highest BCUT2D eigenvalue weighted by atomic mass is 19.4. The minimum absolute atomic E-state index is 0.0334. The Labute approximate surface area is 442 Å². The molecule has 0 saturated heterocycles. The Kier molecular flexibility index (Phi) is 14.6. The van der Waals surface area contributed by atoms with E-state index in [4.69, 9.17) is 13.8 Å². The van der Waals surface area contributed by atoms with Gasteiger partial charge in [-0.05, 0) is 96.7 Å². The van der Waals surface area contributed by atoms with Crippen molar-refractivity contribution in [2.24, 2.45) is 0 Å². The molecule has 0 radical (unpaired) electrons. The summed E-state index contributed by atoms with van der Waals surface area (Å²) < 4.78 is 100. The van der Waals surface area contributed by atoms with Gasteiger partial charge in [-0.15, -0.1) is 0 Å². The van der Waals surface area contributed by atoms with E-state index in [9.17, 15) is 31.1 Å². The summed E-state index contributed by atoms with van der Waals surface area (Å²) in [5.74, 6) is 1.41.